The number of unbranched alkanes of at least 4 members (excludes halogenated alkanes) is 32. The zero-order valence-corrected chi connectivity index (χ0v) is 29.7. The van der Waals surface area contributed by atoms with Gasteiger partial charge in [-0.25, -0.2) is 0 Å². The summed E-state index contributed by atoms with van der Waals surface area (Å²) in [5.74, 6) is -0.643. The van der Waals surface area contributed by atoms with E-state index in [1.165, 1.54) is 193 Å². The molecule has 258 valence electrons. The molecule has 44 heavy (non-hydrogen) atoms. The summed E-state index contributed by atoms with van der Waals surface area (Å²) >= 11 is 0. The molecule has 0 saturated carbocycles. The van der Waals surface area contributed by atoms with Crippen LogP contribution in [0.2, 0.25) is 0 Å². The van der Waals surface area contributed by atoms with Crippen molar-refractivity contribution < 1.29 is 14.3 Å². The fraction of sp³-hybridized carbons (Fsp3) is 0.950. The van der Waals surface area contributed by atoms with Gasteiger partial charge in [0.1, 0.15) is 0 Å². The predicted octanol–water partition coefficient (Wildman–Crippen LogP) is 13.5. The van der Waals surface area contributed by atoms with Crippen LogP contribution in [0, 0.1) is 0 Å². The van der Waals surface area contributed by atoms with Crippen LogP contribution < -0.4 is 0 Å². The molecule has 4 heteroatoms. The van der Waals surface area contributed by atoms with E-state index in [9.17, 15) is 9.59 Å². The van der Waals surface area contributed by atoms with E-state index in [-0.39, 0.29) is 63.3 Å². The Labute approximate surface area is 319 Å². The summed E-state index contributed by atoms with van der Waals surface area (Å²) in [6, 6.07) is 0. The van der Waals surface area contributed by atoms with Gasteiger partial charge in [-0.2, -0.15) is 0 Å². The van der Waals surface area contributed by atoms with Crippen LogP contribution in [0.3, 0.4) is 0 Å². The van der Waals surface area contributed by atoms with E-state index in [0.29, 0.717) is 12.8 Å². The second-order valence-electron chi connectivity index (χ2n) is 13.7. The summed E-state index contributed by atoms with van der Waals surface area (Å²) in [7, 11) is 0. The van der Waals surface area contributed by atoms with Crippen LogP contribution in [0.5, 0.6) is 0 Å². The zero-order chi connectivity index (χ0) is 31.3. The van der Waals surface area contributed by atoms with Crippen molar-refractivity contribution in [2.45, 2.75) is 245 Å². The van der Waals surface area contributed by atoms with Crippen LogP contribution in [0.25, 0.3) is 0 Å². The van der Waals surface area contributed by atoms with Crippen molar-refractivity contribution in [2.24, 2.45) is 0 Å². The molecule has 0 N–H and O–H groups in total. The molecule has 0 aliphatic carbocycles. The maximum absolute atomic E-state index is 12.0. The maximum atomic E-state index is 12.0. The molecule has 0 unspecified atom stereocenters. The van der Waals surface area contributed by atoms with Crippen molar-refractivity contribution >= 4 is 63.3 Å². The molecule has 0 aromatic heterocycles. The van der Waals surface area contributed by atoms with Gasteiger partial charge in [-0.05, 0) is 12.8 Å². The molecule has 0 amide bonds. The molecule has 0 bridgehead atoms. The molecule has 0 radical (unpaired) electrons. The average Bonchev–Trinajstić information content (AvgIpc) is 3.00. The number of esters is 2. The molecule has 0 aliphatic rings. The first kappa shape index (κ1) is 46.9. The van der Waals surface area contributed by atoms with E-state index in [1.807, 2.05) is 0 Å². The summed E-state index contributed by atoms with van der Waals surface area (Å²) in [6.07, 6.45) is 46.0. The SMILES string of the molecule is CCCCCCCCCCCCCCCCCCCCCC(=O)OC(=O)CCCCCCCCCCCCCCCCC.[KH]. The number of rotatable bonds is 36. The number of hydrogen-bond acceptors (Lipinski definition) is 3. The van der Waals surface area contributed by atoms with Crippen molar-refractivity contribution in [1.82, 2.24) is 0 Å². The van der Waals surface area contributed by atoms with Crippen LogP contribution in [0.4, 0.5) is 0 Å². The van der Waals surface area contributed by atoms with Gasteiger partial charge in [-0.15, -0.1) is 0 Å². The molecule has 0 atom stereocenters. The normalized spacial score (nSPS) is 11.0. The molecular formula is C40H79KO3. The Kier molecular flexibility index (Phi) is 44.5. The Balaban J connectivity index is 0. The van der Waals surface area contributed by atoms with Gasteiger partial charge < -0.3 is 4.74 Å². The van der Waals surface area contributed by atoms with E-state index in [1.54, 1.807) is 0 Å². The van der Waals surface area contributed by atoms with Gasteiger partial charge in [0, 0.05) is 12.8 Å². The summed E-state index contributed by atoms with van der Waals surface area (Å²) in [4.78, 5) is 23.9. The third kappa shape index (κ3) is 40.8. The third-order valence-corrected chi connectivity index (χ3v) is 9.20. The molecule has 0 saturated heterocycles. The minimum atomic E-state index is -0.322. The molecule has 3 nitrogen and oxygen atoms in total. The molecule has 0 rings (SSSR count). The minimum absolute atomic E-state index is 0. The number of ether oxygens (including phenoxy) is 1. The fourth-order valence-corrected chi connectivity index (χ4v) is 6.22. The van der Waals surface area contributed by atoms with Gasteiger partial charge >= 0.3 is 63.3 Å². The van der Waals surface area contributed by atoms with Gasteiger partial charge in [0.05, 0.1) is 0 Å². The van der Waals surface area contributed by atoms with Crippen molar-refractivity contribution in [3.63, 3.8) is 0 Å². The van der Waals surface area contributed by atoms with E-state index in [0.717, 1.165) is 25.7 Å². The van der Waals surface area contributed by atoms with Crippen molar-refractivity contribution in [2.75, 3.05) is 0 Å². The third-order valence-electron chi connectivity index (χ3n) is 9.20. The molecule has 0 aromatic carbocycles. The standard InChI is InChI=1S/C40H78O3.K.H/c1-3-5-7-9-11-13-15-17-19-20-21-22-24-26-28-30-32-34-36-38-40(42)43-39(41)37-35-33-31-29-27-25-23-18-16-14-12-10-8-6-4-2;;/h3-38H2,1-2H3;;. The van der Waals surface area contributed by atoms with Gasteiger partial charge in [0.15, 0.2) is 0 Å². The van der Waals surface area contributed by atoms with E-state index in [2.05, 4.69) is 13.8 Å². The number of carbonyl (C=O) groups is 2. The van der Waals surface area contributed by atoms with Crippen LogP contribution in [0.1, 0.15) is 245 Å². The molecule has 0 fully saturated rings. The fourth-order valence-electron chi connectivity index (χ4n) is 6.22. The predicted molar refractivity (Wildman–Crippen MR) is 196 cm³/mol. The van der Waals surface area contributed by atoms with Gasteiger partial charge in [0.25, 0.3) is 0 Å². The van der Waals surface area contributed by atoms with Crippen LogP contribution in [0.15, 0.2) is 0 Å². The Bertz CT molecular complexity index is 565. The monoisotopic (exact) mass is 647 g/mol. The summed E-state index contributed by atoms with van der Waals surface area (Å²) in [5, 5.41) is 0. The molecule has 0 spiro atoms. The van der Waals surface area contributed by atoms with Crippen molar-refractivity contribution in [3.8, 4) is 0 Å². The van der Waals surface area contributed by atoms with Crippen LogP contribution in [-0.2, 0) is 14.3 Å². The number of carbonyl (C=O) groups excluding carboxylic acids is 2. The molecule has 0 heterocycles. The van der Waals surface area contributed by atoms with Gasteiger partial charge in [-0.3, -0.25) is 9.59 Å². The Morgan fingerprint density at radius 1 is 0.295 bits per heavy atom. The van der Waals surface area contributed by atoms with Crippen molar-refractivity contribution in [1.29, 1.82) is 0 Å². The van der Waals surface area contributed by atoms with Crippen LogP contribution >= 0.6 is 0 Å². The first-order valence-electron chi connectivity index (χ1n) is 19.9. The topological polar surface area (TPSA) is 43.4 Å². The Morgan fingerprint density at radius 3 is 0.636 bits per heavy atom. The quantitative estimate of drug-likeness (QED) is 0.0294. The van der Waals surface area contributed by atoms with Gasteiger partial charge in [-0.1, -0.05) is 219 Å². The van der Waals surface area contributed by atoms with E-state index >= 15 is 0 Å². The summed E-state index contributed by atoms with van der Waals surface area (Å²) in [5.41, 5.74) is 0. The Hall–Kier alpha value is 0.776. The van der Waals surface area contributed by atoms with E-state index in [4.69, 9.17) is 4.74 Å². The molecule has 0 aromatic rings. The first-order valence-corrected chi connectivity index (χ1v) is 19.9. The first-order chi connectivity index (χ1) is 21.2. The average molecular weight is 647 g/mol. The van der Waals surface area contributed by atoms with Crippen LogP contribution in [-0.4, -0.2) is 63.3 Å². The second-order valence-corrected chi connectivity index (χ2v) is 13.7. The van der Waals surface area contributed by atoms with E-state index < -0.39 is 0 Å². The zero-order valence-electron chi connectivity index (χ0n) is 29.7. The summed E-state index contributed by atoms with van der Waals surface area (Å²) in [6.45, 7) is 4.57. The van der Waals surface area contributed by atoms with Gasteiger partial charge in [0.2, 0.25) is 0 Å². The van der Waals surface area contributed by atoms with Crippen molar-refractivity contribution in [3.05, 3.63) is 0 Å². The Morgan fingerprint density at radius 2 is 0.455 bits per heavy atom. The second kappa shape index (κ2) is 41.8. The summed E-state index contributed by atoms with van der Waals surface area (Å²) < 4.78 is 5.03. The molecular weight excluding hydrogens is 568 g/mol. The molecule has 0 aliphatic heterocycles. The number of hydrogen-bond donors (Lipinski definition) is 0.